The van der Waals surface area contributed by atoms with Crippen molar-refractivity contribution in [3.8, 4) is 0 Å². The molecule has 1 saturated heterocycles. The predicted octanol–water partition coefficient (Wildman–Crippen LogP) is 4.82. The molecule has 7 heteroatoms. The van der Waals surface area contributed by atoms with Gasteiger partial charge in [-0.25, -0.2) is 14.3 Å². The molecule has 1 aliphatic heterocycles. The minimum absolute atomic E-state index is 0.0741. The maximum absolute atomic E-state index is 13.0. The number of benzene rings is 1. The lowest BCUT2D eigenvalue weighted by Gasteiger charge is -2.20. The van der Waals surface area contributed by atoms with E-state index in [1.54, 1.807) is 6.07 Å². The van der Waals surface area contributed by atoms with E-state index in [2.05, 4.69) is 15.9 Å². The zero-order chi connectivity index (χ0) is 19.3. The van der Waals surface area contributed by atoms with Crippen LogP contribution in [0, 0.1) is 0 Å². The predicted molar refractivity (Wildman–Crippen MR) is 104 cm³/mol. The second kappa shape index (κ2) is 6.71. The van der Waals surface area contributed by atoms with E-state index in [4.69, 9.17) is 14.5 Å². The van der Waals surface area contributed by atoms with Gasteiger partial charge in [0.15, 0.2) is 5.78 Å². The van der Waals surface area contributed by atoms with Gasteiger partial charge in [-0.15, -0.1) is 0 Å². The molecule has 4 rings (SSSR count). The Hall–Kier alpha value is -1.73. The van der Waals surface area contributed by atoms with Crippen LogP contribution in [0.2, 0.25) is 0 Å². The van der Waals surface area contributed by atoms with Crippen LogP contribution in [0.3, 0.4) is 0 Å². The van der Waals surface area contributed by atoms with Crippen LogP contribution in [0.4, 0.5) is 4.79 Å². The van der Waals surface area contributed by atoms with Gasteiger partial charge in [0.05, 0.1) is 5.52 Å². The van der Waals surface area contributed by atoms with Gasteiger partial charge in [-0.05, 0) is 58.6 Å². The minimum atomic E-state index is -0.614. The molecule has 0 radical (unpaired) electrons. The average Bonchev–Trinajstić information content (AvgIpc) is 3.13. The number of carbonyl (C=O) groups is 2. The van der Waals surface area contributed by atoms with Crippen LogP contribution < -0.4 is 0 Å². The van der Waals surface area contributed by atoms with Crippen LogP contribution in [0.1, 0.15) is 68.6 Å². The zero-order valence-corrected chi connectivity index (χ0v) is 17.3. The highest BCUT2D eigenvalue weighted by Gasteiger charge is 2.35. The van der Waals surface area contributed by atoms with Gasteiger partial charge in [0.25, 0.3) is 0 Å². The molecule has 0 bridgehead atoms. The topological polar surface area (TPSA) is 70.4 Å². The van der Waals surface area contributed by atoms with Gasteiger partial charge in [0, 0.05) is 22.6 Å². The number of halogens is 1. The maximum Gasteiger partial charge on any atom is 0.420 e. The van der Waals surface area contributed by atoms with Crippen molar-refractivity contribution in [3.05, 3.63) is 28.0 Å². The first kappa shape index (κ1) is 18.6. The molecular formula is C20H23BrN2O4. The smallest absolute Gasteiger partial charge is 0.420 e. The molecule has 0 spiro atoms. The summed E-state index contributed by atoms with van der Waals surface area (Å²) in [6, 6.07) is 3.60. The summed E-state index contributed by atoms with van der Waals surface area (Å²) in [4.78, 5) is 30.6. The molecule has 0 N–H and O–H groups in total. The van der Waals surface area contributed by atoms with E-state index >= 15 is 0 Å². The third kappa shape index (κ3) is 3.67. The molecule has 144 valence electrons. The summed E-state index contributed by atoms with van der Waals surface area (Å²) in [5.74, 6) is 0.836. The number of nitrogens with zero attached hydrogens (tertiary/aromatic N) is 2. The third-order valence-electron chi connectivity index (χ3n) is 4.76. The van der Waals surface area contributed by atoms with E-state index < -0.39 is 17.8 Å². The van der Waals surface area contributed by atoms with Crippen molar-refractivity contribution in [2.75, 3.05) is 6.61 Å². The van der Waals surface area contributed by atoms with Crippen LogP contribution >= 0.6 is 15.9 Å². The van der Waals surface area contributed by atoms with E-state index in [0.29, 0.717) is 29.0 Å². The molecule has 2 aromatic rings. The lowest BCUT2D eigenvalue weighted by molar-refractivity contribution is 0.0538. The number of ether oxygens (including phenoxy) is 2. The first-order chi connectivity index (χ1) is 12.7. The monoisotopic (exact) mass is 434 g/mol. The lowest BCUT2D eigenvalue weighted by Crippen LogP contribution is -2.28. The second-order valence-electron chi connectivity index (χ2n) is 8.25. The molecule has 1 aromatic heterocycles. The molecule has 6 nitrogen and oxygen atoms in total. The van der Waals surface area contributed by atoms with Gasteiger partial charge < -0.3 is 9.47 Å². The van der Waals surface area contributed by atoms with E-state index in [-0.39, 0.29) is 11.7 Å². The molecule has 27 heavy (non-hydrogen) atoms. The van der Waals surface area contributed by atoms with Crippen molar-refractivity contribution >= 4 is 38.8 Å². The average molecular weight is 435 g/mol. The fraction of sp³-hybridized carbons (Fsp3) is 0.550. The van der Waals surface area contributed by atoms with Gasteiger partial charge >= 0.3 is 6.09 Å². The molecule has 1 saturated carbocycles. The fourth-order valence-corrected chi connectivity index (χ4v) is 3.87. The van der Waals surface area contributed by atoms with Gasteiger partial charge in [0.2, 0.25) is 0 Å². The molecular weight excluding hydrogens is 412 g/mol. The quantitative estimate of drug-likeness (QED) is 0.647. The molecule has 2 heterocycles. The van der Waals surface area contributed by atoms with Gasteiger partial charge in [-0.2, -0.15) is 0 Å². The van der Waals surface area contributed by atoms with Crippen LogP contribution in [0.15, 0.2) is 16.6 Å². The van der Waals surface area contributed by atoms with Crippen molar-refractivity contribution in [2.24, 2.45) is 0 Å². The van der Waals surface area contributed by atoms with Crippen molar-refractivity contribution < 1.29 is 19.1 Å². The highest BCUT2D eigenvalue weighted by Crippen LogP contribution is 2.42. The molecule has 2 aliphatic rings. The zero-order valence-electron chi connectivity index (χ0n) is 15.8. The van der Waals surface area contributed by atoms with Crippen LogP contribution in [-0.2, 0) is 9.47 Å². The standard InChI is InChI=1S/C20H23BrN2O4/c1-20(2,3)27-19(25)23-14-10-12(21)9-13(17(24)15-5-4-8-26-15)16(14)22-18(23)11-6-7-11/h9-11,15H,4-8H2,1-3H3. The number of rotatable bonds is 3. The number of carbonyl (C=O) groups excluding carboxylic acids is 2. The van der Waals surface area contributed by atoms with Gasteiger partial charge in [0.1, 0.15) is 23.0 Å². The summed E-state index contributed by atoms with van der Waals surface area (Å²) in [7, 11) is 0. The summed E-state index contributed by atoms with van der Waals surface area (Å²) < 4.78 is 13.4. The van der Waals surface area contributed by atoms with E-state index in [9.17, 15) is 9.59 Å². The number of ketones is 1. The molecule has 1 atom stereocenters. The number of hydrogen-bond acceptors (Lipinski definition) is 5. The maximum atomic E-state index is 13.0. The first-order valence-corrected chi connectivity index (χ1v) is 10.1. The van der Waals surface area contributed by atoms with Gasteiger partial charge in [-0.3, -0.25) is 4.79 Å². The van der Waals surface area contributed by atoms with Crippen LogP contribution in [0.5, 0.6) is 0 Å². The molecule has 1 aromatic carbocycles. The third-order valence-corrected chi connectivity index (χ3v) is 5.21. The number of fused-ring (bicyclic) bond motifs is 1. The summed E-state index contributed by atoms with van der Waals surface area (Å²) in [6.07, 6.45) is 2.69. The Bertz CT molecular complexity index is 918. The fourth-order valence-electron chi connectivity index (χ4n) is 3.42. The van der Waals surface area contributed by atoms with E-state index in [0.717, 1.165) is 30.2 Å². The number of imidazole rings is 1. The Labute approximate surface area is 166 Å². The highest BCUT2D eigenvalue weighted by molar-refractivity contribution is 9.10. The van der Waals surface area contributed by atoms with Crippen molar-refractivity contribution in [2.45, 2.75) is 64.1 Å². The molecule has 1 aliphatic carbocycles. The van der Waals surface area contributed by atoms with Crippen molar-refractivity contribution in [1.29, 1.82) is 0 Å². The summed E-state index contributed by atoms with van der Waals surface area (Å²) in [5, 5.41) is 0. The van der Waals surface area contributed by atoms with E-state index in [1.165, 1.54) is 4.57 Å². The Morgan fingerprint density at radius 3 is 2.59 bits per heavy atom. The van der Waals surface area contributed by atoms with E-state index in [1.807, 2.05) is 26.8 Å². The van der Waals surface area contributed by atoms with Crippen molar-refractivity contribution in [1.82, 2.24) is 9.55 Å². The Morgan fingerprint density at radius 1 is 1.26 bits per heavy atom. The molecule has 1 unspecified atom stereocenters. The largest absolute Gasteiger partial charge is 0.443 e. The first-order valence-electron chi connectivity index (χ1n) is 9.35. The van der Waals surface area contributed by atoms with Crippen LogP contribution in [0.25, 0.3) is 11.0 Å². The Balaban J connectivity index is 1.86. The minimum Gasteiger partial charge on any atom is -0.443 e. The summed E-state index contributed by atoms with van der Waals surface area (Å²) >= 11 is 3.48. The number of hydrogen-bond donors (Lipinski definition) is 0. The lowest BCUT2D eigenvalue weighted by atomic mass is 10.0. The SMILES string of the molecule is CC(C)(C)OC(=O)n1c(C2CC2)nc2c(C(=O)C3CCCO3)cc(Br)cc21. The van der Waals surface area contributed by atoms with Crippen LogP contribution in [-0.4, -0.2) is 39.7 Å². The summed E-state index contributed by atoms with van der Waals surface area (Å²) in [6.45, 7) is 6.11. The summed E-state index contributed by atoms with van der Waals surface area (Å²) in [5.41, 5.74) is 1.03. The van der Waals surface area contributed by atoms with Crippen molar-refractivity contribution in [3.63, 3.8) is 0 Å². The molecule has 2 fully saturated rings. The Morgan fingerprint density at radius 2 is 2.00 bits per heavy atom. The Kier molecular flexibility index (Phi) is 4.63. The van der Waals surface area contributed by atoms with Gasteiger partial charge in [-0.1, -0.05) is 15.9 Å². The number of aromatic nitrogens is 2. The highest BCUT2D eigenvalue weighted by atomic mass is 79.9. The molecule has 0 amide bonds. The normalized spacial score (nSPS) is 20.2. The second-order valence-corrected chi connectivity index (χ2v) is 9.16. The number of Topliss-reactive ketones (excluding diaryl/α,β-unsaturated/α-hetero) is 1.